The van der Waals surface area contributed by atoms with Crippen molar-refractivity contribution in [3.05, 3.63) is 18.0 Å². The van der Waals surface area contributed by atoms with Crippen LogP contribution in [0.1, 0.15) is 25.8 Å². The van der Waals surface area contributed by atoms with Crippen molar-refractivity contribution >= 4 is 0 Å². The lowest BCUT2D eigenvalue weighted by atomic mass is 9.90. The topological polar surface area (TPSA) is 33.1 Å². The monoisotopic (exact) mass is 236 g/mol. The van der Waals surface area contributed by atoms with Crippen LogP contribution in [-0.4, -0.2) is 41.4 Å². The zero-order chi connectivity index (χ0) is 12.3. The lowest BCUT2D eigenvalue weighted by Gasteiger charge is -2.24. The summed E-state index contributed by atoms with van der Waals surface area (Å²) in [6.45, 7) is 9.99. The normalized spacial score (nSPS) is 25.6. The molecule has 0 amide bonds. The van der Waals surface area contributed by atoms with E-state index in [1.165, 1.54) is 25.1 Å². The van der Waals surface area contributed by atoms with Gasteiger partial charge in [-0.3, -0.25) is 9.58 Å². The van der Waals surface area contributed by atoms with E-state index < -0.39 is 0 Å². The van der Waals surface area contributed by atoms with Gasteiger partial charge in [-0.1, -0.05) is 6.92 Å². The summed E-state index contributed by atoms with van der Waals surface area (Å²) in [4.78, 5) is 2.54. The average molecular weight is 236 g/mol. The maximum Gasteiger partial charge on any atom is 0.0534 e. The first kappa shape index (κ1) is 12.6. The fourth-order valence-electron chi connectivity index (χ4n) is 2.75. The molecule has 2 heterocycles. The van der Waals surface area contributed by atoms with Gasteiger partial charge in [0.2, 0.25) is 0 Å². The van der Waals surface area contributed by atoms with Gasteiger partial charge in [0.1, 0.15) is 0 Å². The summed E-state index contributed by atoms with van der Waals surface area (Å²) in [5, 5.41) is 7.63. The van der Waals surface area contributed by atoms with E-state index >= 15 is 0 Å². The lowest BCUT2D eigenvalue weighted by Crippen LogP contribution is -2.32. The van der Waals surface area contributed by atoms with Crippen LogP contribution in [0, 0.1) is 5.41 Å². The molecule has 1 unspecified atom stereocenters. The molecular weight excluding hydrogens is 212 g/mol. The Morgan fingerprint density at radius 3 is 3.00 bits per heavy atom. The number of aromatic nitrogens is 2. The molecule has 1 atom stereocenters. The minimum Gasteiger partial charge on any atom is -0.319 e. The first-order chi connectivity index (χ1) is 8.15. The van der Waals surface area contributed by atoms with E-state index in [1.807, 2.05) is 17.9 Å². The minimum atomic E-state index is 0.440. The van der Waals surface area contributed by atoms with Crippen LogP contribution in [0.2, 0.25) is 0 Å². The Morgan fingerprint density at radius 1 is 1.53 bits per heavy atom. The van der Waals surface area contributed by atoms with Gasteiger partial charge < -0.3 is 5.32 Å². The van der Waals surface area contributed by atoms with Crippen molar-refractivity contribution in [3.63, 3.8) is 0 Å². The Hall–Kier alpha value is -0.870. The number of rotatable bonds is 5. The highest BCUT2D eigenvalue weighted by molar-refractivity contribution is 5.04. The van der Waals surface area contributed by atoms with Crippen LogP contribution in [-0.2, 0) is 13.1 Å². The van der Waals surface area contributed by atoms with Crippen LogP contribution >= 0.6 is 0 Å². The van der Waals surface area contributed by atoms with Gasteiger partial charge in [-0.2, -0.15) is 5.10 Å². The highest BCUT2D eigenvalue weighted by atomic mass is 15.3. The van der Waals surface area contributed by atoms with Gasteiger partial charge in [0.15, 0.2) is 0 Å². The predicted octanol–water partition coefficient (Wildman–Crippen LogP) is 1.33. The third kappa shape index (κ3) is 3.07. The Balaban J connectivity index is 1.89. The summed E-state index contributed by atoms with van der Waals surface area (Å²) in [5.41, 5.74) is 1.77. The molecule has 1 aromatic rings. The van der Waals surface area contributed by atoms with Crippen LogP contribution in [0.4, 0.5) is 0 Å². The fraction of sp³-hybridized carbons (Fsp3) is 0.769. The molecule has 2 rings (SSSR count). The molecular formula is C13H24N4. The number of nitrogens with zero attached hydrogens (tertiary/aromatic N) is 3. The molecule has 4 nitrogen and oxygen atoms in total. The van der Waals surface area contributed by atoms with Crippen LogP contribution < -0.4 is 5.32 Å². The molecule has 1 fully saturated rings. The van der Waals surface area contributed by atoms with Gasteiger partial charge in [-0.05, 0) is 32.4 Å². The van der Waals surface area contributed by atoms with Crippen LogP contribution in [0.5, 0.6) is 0 Å². The SMILES string of the molecule is CCn1cc(CN2CCC(C)(CNC)C2)cn1. The van der Waals surface area contributed by atoms with Crippen LogP contribution in [0.25, 0.3) is 0 Å². The zero-order valence-corrected chi connectivity index (χ0v) is 11.2. The van der Waals surface area contributed by atoms with E-state index in [4.69, 9.17) is 0 Å². The Morgan fingerprint density at radius 2 is 2.35 bits per heavy atom. The lowest BCUT2D eigenvalue weighted by molar-refractivity contribution is 0.265. The van der Waals surface area contributed by atoms with Crippen molar-refractivity contribution in [2.24, 2.45) is 5.41 Å². The van der Waals surface area contributed by atoms with E-state index in [1.54, 1.807) is 0 Å². The smallest absolute Gasteiger partial charge is 0.0534 e. The van der Waals surface area contributed by atoms with Gasteiger partial charge in [0.25, 0.3) is 0 Å². The third-order valence-electron chi connectivity index (χ3n) is 3.66. The van der Waals surface area contributed by atoms with Gasteiger partial charge in [-0.15, -0.1) is 0 Å². The second-order valence-electron chi connectivity index (χ2n) is 5.51. The first-order valence-electron chi connectivity index (χ1n) is 6.53. The van der Waals surface area contributed by atoms with E-state index in [0.717, 1.165) is 19.6 Å². The highest BCUT2D eigenvalue weighted by Gasteiger charge is 2.32. The van der Waals surface area contributed by atoms with E-state index in [0.29, 0.717) is 5.41 Å². The average Bonchev–Trinajstić information content (AvgIpc) is 2.87. The van der Waals surface area contributed by atoms with Gasteiger partial charge in [0, 0.05) is 37.9 Å². The van der Waals surface area contributed by atoms with E-state index in [9.17, 15) is 0 Å². The van der Waals surface area contributed by atoms with Gasteiger partial charge >= 0.3 is 0 Å². The van der Waals surface area contributed by atoms with Crippen molar-refractivity contribution in [1.82, 2.24) is 20.0 Å². The molecule has 1 saturated heterocycles. The van der Waals surface area contributed by atoms with Crippen molar-refractivity contribution in [1.29, 1.82) is 0 Å². The second-order valence-corrected chi connectivity index (χ2v) is 5.51. The molecule has 4 heteroatoms. The van der Waals surface area contributed by atoms with Crippen molar-refractivity contribution < 1.29 is 0 Å². The minimum absolute atomic E-state index is 0.440. The first-order valence-corrected chi connectivity index (χ1v) is 6.53. The zero-order valence-electron chi connectivity index (χ0n) is 11.2. The van der Waals surface area contributed by atoms with Gasteiger partial charge in [-0.25, -0.2) is 0 Å². The number of nitrogens with one attached hydrogen (secondary N) is 1. The molecule has 1 aliphatic heterocycles. The molecule has 17 heavy (non-hydrogen) atoms. The summed E-state index contributed by atoms with van der Waals surface area (Å²) in [6, 6.07) is 0. The molecule has 0 bridgehead atoms. The number of hydrogen-bond donors (Lipinski definition) is 1. The molecule has 0 aliphatic carbocycles. The Kier molecular flexibility index (Phi) is 3.84. The van der Waals surface area contributed by atoms with Crippen molar-refractivity contribution in [3.8, 4) is 0 Å². The summed E-state index contributed by atoms with van der Waals surface area (Å²) in [6.07, 6.45) is 5.45. The van der Waals surface area contributed by atoms with E-state index in [-0.39, 0.29) is 0 Å². The number of hydrogen-bond acceptors (Lipinski definition) is 3. The molecule has 96 valence electrons. The maximum absolute atomic E-state index is 4.33. The second kappa shape index (κ2) is 5.19. The Bertz CT molecular complexity index is 360. The summed E-state index contributed by atoms with van der Waals surface area (Å²) >= 11 is 0. The highest BCUT2D eigenvalue weighted by Crippen LogP contribution is 2.29. The molecule has 1 aromatic heterocycles. The third-order valence-corrected chi connectivity index (χ3v) is 3.66. The fourth-order valence-corrected chi connectivity index (χ4v) is 2.75. The summed E-state index contributed by atoms with van der Waals surface area (Å²) < 4.78 is 2.00. The largest absolute Gasteiger partial charge is 0.319 e. The standard InChI is InChI=1S/C13H24N4/c1-4-17-9-12(7-15-17)8-16-6-5-13(2,11-16)10-14-3/h7,9,14H,4-6,8,10-11H2,1-3H3. The summed E-state index contributed by atoms with van der Waals surface area (Å²) in [7, 11) is 2.04. The van der Waals surface area contributed by atoms with Crippen molar-refractivity contribution in [2.75, 3.05) is 26.7 Å². The van der Waals surface area contributed by atoms with Crippen molar-refractivity contribution in [2.45, 2.75) is 33.4 Å². The molecule has 0 saturated carbocycles. The molecule has 0 radical (unpaired) electrons. The number of aryl methyl sites for hydroxylation is 1. The van der Waals surface area contributed by atoms with E-state index in [2.05, 4.69) is 35.4 Å². The molecule has 1 N–H and O–H groups in total. The number of likely N-dealkylation sites (tertiary alicyclic amines) is 1. The van der Waals surface area contributed by atoms with Crippen LogP contribution in [0.3, 0.4) is 0 Å². The predicted molar refractivity (Wildman–Crippen MR) is 69.8 cm³/mol. The quantitative estimate of drug-likeness (QED) is 0.837. The molecule has 0 aromatic carbocycles. The maximum atomic E-state index is 4.33. The van der Waals surface area contributed by atoms with Crippen LogP contribution in [0.15, 0.2) is 12.4 Å². The van der Waals surface area contributed by atoms with Gasteiger partial charge in [0.05, 0.1) is 6.20 Å². The molecule has 1 aliphatic rings. The Labute approximate surface area is 104 Å². The molecule has 0 spiro atoms. The summed E-state index contributed by atoms with van der Waals surface area (Å²) in [5.74, 6) is 0.